The van der Waals surface area contributed by atoms with E-state index in [1.165, 1.54) is 0 Å². The fraction of sp³-hybridized carbons (Fsp3) is 0.688. The van der Waals surface area contributed by atoms with Gasteiger partial charge >= 0.3 is 0 Å². The summed E-state index contributed by atoms with van der Waals surface area (Å²) in [5.74, 6) is 1.21. The largest absolute Gasteiger partial charge is 0.380 e. The smallest absolute Gasteiger partial charge is 0.252 e. The number of likely N-dealkylation sites (N-methyl/N-ethyl adjacent to an activating group) is 1. The van der Waals surface area contributed by atoms with Crippen LogP contribution in [0.4, 0.5) is 11.5 Å². The summed E-state index contributed by atoms with van der Waals surface area (Å²) in [5, 5.41) is 0.227. The predicted octanol–water partition coefficient (Wildman–Crippen LogP) is 2.29. The highest BCUT2D eigenvalue weighted by atomic mass is 35.5. The number of anilines is 2. The average Bonchev–Trinajstić information content (AvgIpc) is 2.82. The number of amides is 1. The number of carbonyl (C=O) groups is 1. The molecule has 0 radical (unpaired) electrons. The van der Waals surface area contributed by atoms with Crippen molar-refractivity contribution in [2.45, 2.75) is 45.3 Å². The fourth-order valence-corrected chi connectivity index (χ4v) is 3.87. The van der Waals surface area contributed by atoms with Crippen LogP contribution < -0.4 is 9.80 Å². The Kier molecular flexibility index (Phi) is 4.01. The maximum absolute atomic E-state index is 13.0. The third-order valence-electron chi connectivity index (χ3n) is 4.81. The van der Waals surface area contributed by atoms with E-state index < -0.39 is 5.54 Å². The molecule has 2 aliphatic rings. The molecule has 3 heterocycles. The SMILES string of the molecule is CO[C@H]1CN2c3nc(Cl)nc(CC(C)C)c3N(C)C(=O)[C@@]2(C)C1. The van der Waals surface area contributed by atoms with Crippen molar-refractivity contribution in [3.8, 4) is 0 Å². The van der Waals surface area contributed by atoms with Gasteiger partial charge in [-0.15, -0.1) is 0 Å². The zero-order valence-electron chi connectivity index (χ0n) is 14.3. The molecule has 2 atom stereocenters. The first-order chi connectivity index (χ1) is 10.8. The van der Waals surface area contributed by atoms with E-state index in [-0.39, 0.29) is 17.3 Å². The normalized spacial score (nSPS) is 26.7. The second-order valence-corrected chi connectivity index (χ2v) is 7.36. The van der Waals surface area contributed by atoms with Crippen molar-refractivity contribution in [3.63, 3.8) is 0 Å². The van der Waals surface area contributed by atoms with Gasteiger partial charge < -0.3 is 14.5 Å². The molecule has 1 aromatic rings. The van der Waals surface area contributed by atoms with Crippen LogP contribution in [0.5, 0.6) is 0 Å². The monoisotopic (exact) mass is 338 g/mol. The van der Waals surface area contributed by atoms with E-state index in [1.807, 2.05) is 11.8 Å². The number of halogens is 1. The number of hydrogen-bond acceptors (Lipinski definition) is 5. The molecule has 23 heavy (non-hydrogen) atoms. The molecule has 6 nitrogen and oxygen atoms in total. The lowest BCUT2D eigenvalue weighted by Crippen LogP contribution is -2.58. The summed E-state index contributed by atoms with van der Waals surface area (Å²) < 4.78 is 5.50. The van der Waals surface area contributed by atoms with Crippen LogP contribution in [-0.4, -0.2) is 48.2 Å². The maximum Gasteiger partial charge on any atom is 0.252 e. The zero-order valence-corrected chi connectivity index (χ0v) is 15.0. The second kappa shape index (κ2) is 5.60. The van der Waals surface area contributed by atoms with Gasteiger partial charge in [0.2, 0.25) is 5.28 Å². The summed E-state index contributed by atoms with van der Waals surface area (Å²) in [6.07, 6.45) is 1.40. The number of hydrogen-bond donors (Lipinski definition) is 0. The van der Waals surface area contributed by atoms with E-state index in [9.17, 15) is 4.79 Å². The molecule has 0 bridgehead atoms. The van der Waals surface area contributed by atoms with Gasteiger partial charge in [-0.2, -0.15) is 4.98 Å². The van der Waals surface area contributed by atoms with E-state index in [1.54, 1.807) is 19.1 Å². The molecule has 1 amide bonds. The van der Waals surface area contributed by atoms with Gasteiger partial charge in [0.15, 0.2) is 5.82 Å². The van der Waals surface area contributed by atoms with Gasteiger partial charge in [0.1, 0.15) is 11.2 Å². The second-order valence-electron chi connectivity index (χ2n) is 7.02. The Morgan fingerprint density at radius 2 is 2.13 bits per heavy atom. The van der Waals surface area contributed by atoms with Crippen LogP contribution in [-0.2, 0) is 16.0 Å². The quantitative estimate of drug-likeness (QED) is 0.791. The Labute approximate surface area is 141 Å². The van der Waals surface area contributed by atoms with Gasteiger partial charge in [-0.25, -0.2) is 4.98 Å². The van der Waals surface area contributed by atoms with Crippen molar-refractivity contribution in [1.82, 2.24) is 9.97 Å². The van der Waals surface area contributed by atoms with Gasteiger partial charge in [-0.3, -0.25) is 4.79 Å². The Bertz CT molecular complexity index is 651. The molecule has 1 saturated heterocycles. The van der Waals surface area contributed by atoms with E-state index in [4.69, 9.17) is 16.3 Å². The lowest BCUT2D eigenvalue weighted by atomic mass is 9.93. The highest BCUT2D eigenvalue weighted by Crippen LogP contribution is 2.46. The van der Waals surface area contributed by atoms with Gasteiger partial charge in [-0.05, 0) is 30.9 Å². The van der Waals surface area contributed by atoms with Crippen LogP contribution in [0, 0.1) is 5.92 Å². The lowest BCUT2D eigenvalue weighted by molar-refractivity contribution is -0.123. The van der Waals surface area contributed by atoms with E-state index >= 15 is 0 Å². The number of nitrogens with zero attached hydrogens (tertiary/aromatic N) is 4. The third-order valence-corrected chi connectivity index (χ3v) is 4.98. The first kappa shape index (κ1) is 16.5. The Morgan fingerprint density at radius 1 is 1.43 bits per heavy atom. The van der Waals surface area contributed by atoms with E-state index in [0.717, 1.165) is 23.6 Å². The van der Waals surface area contributed by atoms with Crippen molar-refractivity contribution in [2.24, 2.45) is 5.92 Å². The molecule has 0 saturated carbocycles. The van der Waals surface area contributed by atoms with Crippen LogP contribution >= 0.6 is 11.6 Å². The number of rotatable bonds is 3. The minimum atomic E-state index is -0.644. The van der Waals surface area contributed by atoms with Crippen molar-refractivity contribution in [1.29, 1.82) is 0 Å². The Hall–Kier alpha value is -1.40. The Balaban J connectivity index is 2.17. The minimum absolute atomic E-state index is 0.00518. The molecule has 0 spiro atoms. The van der Waals surface area contributed by atoms with Crippen LogP contribution in [0.2, 0.25) is 5.28 Å². The van der Waals surface area contributed by atoms with Gasteiger partial charge in [0.05, 0.1) is 11.8 Å². The summed E-state index contributed by atoms with van der Waals surface area (Å²) in [4.78, 5) is 25.6. The number of ether oxygens (including phenoxy) is 1. The van der Waals surface area contributed by atoms with Crippen molar-refractivity contribution in [3.05, 3.63) is 11.0 Å². The van der Waals surface area contributed by atoms with Crippen LogP contribution in [0.25, 0.3) is 0 Å². The maximum atomic E-state index is 13.0. The molecule has 3 rings (SSSR count). The summed E-state index contributed by atoms with van der Waals surface area (Å²) in [5.41, 5.74) is 0.964. The molecular weight excluding hydrogens is 316 g/mol. The van der Waals surface area contributed by atoms with Crippen LogP contribution in [0.15, 0.2) is 0 Å². The molecule has 2 aliphatic heterocycles. The summed E-state index contributed by atoms with van der Waals surface area (Å²) in [7, 11) is 3.48. The van der Waals surface area contributed by atoms with E-state index in [2.05, 4.69) is 23.8 Å². The highest BCUT2D eigenvalue weighted by molar-refractivity contribution is 6.28. The van der Waals surface area contributed by atoms with Crippen molar-refractivity contribution >= 4 is 29.0 Å². The molecule has 0 aliphatic carbocycles. The first-order valence-corrected chi connectivity index (χ1v) is 8.30. The zero-order chi connectivity index (χ0) is 16.9. The minimum Gasteiger partial charge on any atom is -0.380 e. The average molecular weight is 339 g/mol. The number of fused-ring (bicyclic) bond motifs is 3. The molecule has 0 unspecified atom stereocenters. The first-order valence-electron chi connectivity index (χ1n) is 7.93. The van der Waals surface area contributed by atoms with Crippen molar-refractivity contribution in [2.75, 3.05) is 30.5 Å². The molecule has 126 valence electrons. The van der Waals surface area contributed by atoms with Crippen LogP contribution in [0.1, 0.15) is 32.9 Å². The molecule has 0 N–H and O–H groups in total. The molecular formula is C16H23ClN4O2. The lowest BCUT2D eigenvalue weighted by Gasteiger charge is -2.44. The van der Waals surface area contributed by atoms with Crippen LogP contribution in [0.3, 0.4) is 0 Å². The number of carbonyl (C=O) groups excluding carboxylic acids is 1. The van der Waals surface area contributed by atoms with Gasteiger partial charge in [-0.1, -0.05) is 13.8 Å². The predicted molar refractivity (Wildman–Crippen MR) is 90.2 cm³/mol. The topological polar surface area (TPSA) is 58.6 Å². The van der Waals surface area contributed by atoms with Crippen molar-refractivity contribution < 1.29 is 9.53 Å². The summed E-state index contributed by atoms with van der Waals surface area (Å²) >= 11 is 6.17. The summed E-state index contributed by atoms with van der Waals surface area (Å²) in [6, 6.07) is 0. The van der Waals surface area contributed by atoms with E-state index in [0.29, 0.717) is 18.9 Å². The molecule has 7 heteroatoms. The molecule has 1 aromatic heterocycles. The molecule has 0 aromatic carbocycles. The van der Waals surface area contributed by atoms with Gasteiger partial charge in [0, 0.05) is 27.1 Å². The fourth-order valence-electron chi connectivity index (χ4n) is 3.69. The standard InChI is InChI=1S/C16H23ClN4O2/c1-9(2)6-11-12-13(19-15(17)18-11)21-8-10(23-5)7-16(21,3)14(22)20(12)4/h9-10H,6-8H2,1-5H3/t10-,16-/m1/s1. The summed E-state index contributed by atoms with van der Waals surface area (Å²) in [6.45, 7) is 6.82. The number of methoxy groups -OCH3 is 1. The Morgan fingerprint density at radius 3 is 2.74 bits per heavy atom. The third kappa shape index (κ3) is 2.48. The molecule has 1 fully saturated rings. The van der Waals surface area contributed by atoms with Gasteiger partial charge in [0.25, 0.3) is 5.91 Å². The highest BCUT2D eigenvalue weighted by Gasteiger charge is 2.54. The number of aromatic nitrogens is 2.